The van der Waals surface area contributed by atoms with Crippen molar-refractivity contribution in [3.63, 3.8) is 0 Å². The summed E-state index contributed by atoms with van der Waals surface area (Å²) in [6.45, 7) is 1.85. The monoisotopic (exact) mass is 259 g/mol. The molecule has 19 heavy (non-hydrogen) atoms. The van der Waals surface area contributed by atoms with Crippen LogP contribution in [0.3, 0.4) is 0 Å². The molecule has 0 spiro atoms. The van der Waals surface area contributed by atoms with E-state index in [9.17, 15) is 10.1 Å². The van der Waals surface area contributed by atoms with E-state index >= 15 is 0 Å². The Bertz CT molecular complexity index is 565. The first-order valence-electron chi connectivity index (χ1n) is 5.70. The molecular formula is C13H13N3O3. The second-order valence-electron chi connectivity index (χ2n) is 4.06. The number of hydrogen-bond acceptors (Lipinski definition) is 5. The topological polar surface area (TPSA) is 91.3 Å². The number of nitro benzene ring substituents is 1. The summed E-state index contributed by atoms with van der Waals surface area (Å²) in [7, 11) is 0. The molecule has 98 valence electrons. The van der Waals surface area contributed by atoms with Crippen LogP contribution in [-0.2, 0) is 0 Å². The summed E-state index contributed by atoms with van der Waals surface area (Å²) in [5.41, 5.74) is 6.49. The summed E-state index contributed by atoms with van der Waals surface area (Å²) >= 11 is 0. The Labute approximate surface area is 110 Å². The predicted octanol–water partition coefficient (Wildman–Crippen LogP) is 2.80. The molecule has 1 heterocycles. The number of benzene rings is 1. The number of nitrogens with two attached hydrogens (primary N) is 1. The van der Waals surface area contributed by atoms with Crippen LogP contribution in [0.4, 0.5) is 5.69 Å². The zero-order valence-electron chi connectivity index (χ0n) is 10.3. The van der Waals surface area contributed by atoms with Crippen molar-refractivity contribution < 1.29 is 9.66 Å². The maximum Gasteiger partial charge on any atom is 0.269 e. The fourth-order valence-electron chi connectivity index (χ4n) is 1.49. The lowest BCUT2D eigenvalue weighted by Gasteiger charge is -2.07. The Morgan fingerprint density at radius 2 is 1.84 bits per heavy atom. The highest BCUT2D eigenvalue weighted by Crippen LogP contribution is 2.23. The summed E-state index contributed by atoms with van der Waals surface area (Å²) in [5.74, 6) is 1.07. The van der Waals surface area contributed by atoms with Crippen LogP contribution in [0.5, 0.6) is 11.5 Å². The van der Waals surface area contributed by atoms with Crippen LogP contribution in [0.2, 0.25) is 0 Å². The molecule has 2 aromatic rings. The molecule has 1 aromatic heterocycles. The molecule has 6 nitrogen and oxygen atoms in total. The Morgan fingerprint density at radius 3 is 2.32 bits per heavy atom. The average Bonchev–Trinajstić information content (AvgIpc) is 2.40. The van der Waals surface area contributed by atoms with E-state index in [0.717, 1.165) is 5.69 Å². The van der Waals surface area contributed by atoms with E-state index in [1.54, 1.807) is 18.3 Å². The van der Waals surface area contributed by atoms with Gasteiger partial charge in [-0.2, -0.15) is 0 Å². The van der Waals surface area contributed by atoms with Crippen LogP contribution in [0, 0.1) is 10.1 Å². The number of nitro groups is 1. The quantitative estimate of drug-likeness (QED) is 0.673. The molecule has 0 fully saturated rings. The molecule has 0 saturated carbocycles. The normalized spacial score (nSPS) is 11.9. The first kappa shape index (κ1) is 13.0. The number of ether oxygens (including phenoxy) is 1. The zero-order chi connectivity index (χ0) is 13.8. The van der Waals surface area contributed by atoms with Gasteiger partial charge >= 0.3 is 0 Å². The molecule has 2 rings (SSSR count). The maximum absolute atomic E-state index is 10.5. The van der Waals surface area contributed by atoms with Crippen LogP contribution in [0.1, 0.15) is 18.7 Å². The van der Waals surface area contributed by atoms with Crippen molar-refractivity contribution in [1.82, 2.24) is 4.98 Å². The molecule has 0 radical (unpaired) electrons. The number of nitrogens with zero attached hydrogens (tertiary/aromatic N) is 2. The molecule has 1 atom stereocenters. The minimum absolute atomic E-state index is 0.0257. The van der Waals surface area contributed by atoms with Gasteiger partial charge in [-0.05, 0) is 31.2 Å². The molecule has 0 bridgehead atoms. The minimum atomic E-state index is -0.456. The van der Waals surface area contributed by atoms with Crippen LogP contribution >= 0.6 is 0 Å². The van der Waals surface area contributed by atoms with Gasteiger partial charge in [0.05, 0.1) is 16.8 Å². The Morgan fingerprint density at radius 1 is 1.21 bits per heavy atom. The van der Waals surface area contributed by atoms with Gasteiger partial charge in [0.25, 0.3) is 5.69 Å². The van der Waals surface area contributed by atoms with Gasteiger partial charge in [-0.3, -0.25) is 15.1 Å². The summed E-state index contributed by atoms with van der Waals surface area (Å²) in [4.78, 5) is 14.2. The number of aromatic nitrogens is 1. The molecule has 2 N–H and O–H groups in total. The Kier molecular flexibility index (Phi) is 3.72. The van der Waals surface area contributed by atoms with Crippen molar-refractivity contribution in [1.29, 1.82) is 0 Å². The molecule has 0 unspecified atom stereocenters. The van der Waals surface area contributed by atoms with Crippen LogP contribution in [0.15, 0.2) is 42.6 Å². The van der Waals surface area contributed by atoms with Crippen LogP contribution < -0.4 is 10.5 Å². The van der Waals surface area contributed by atoms with Gasteiger partial charge in [-0.15, -0.1) is 0 Å². The highest BCUT2D eigenvalue weighted by atomic mass is 16.6. The molecule has 0 amide bonds. The van der Waals surface area contributed by atoms with E-state index in [1.807, 2.05) is 6.92 Å². The van der Waals surface area contributed by atoms with E-state index < -0.39 is 4.92 Å². The number of non-ortho nitro benzene ring substituents is 1. The first-order valence-corrected chi connectivity index (χ1v) is 5.70. The van der Waals surface area contributed by atoms with Gasteiger partial charge in [0.1, 0.15) is 11.5 Å². The van der Waals surface area contributed by atoms with E-state index in [0.29, 0.717) is 11.5 Å². The molecular weight excluding hydrogens is 246 g/mol. The first-order chi connectivity index (χ1) is 9.06. The second kappa shape index (κ2) is 5.45. The van der Waals surface area contributed by atoms with Crippen molar-refractivity contribution >= 4 is 5.69 Å². The smallest absolute Gasteiger partial charge is 0.269 e. The lowest BCUT2D eigenvalue weighted by Crippen LogP contribution is -2.06. The third kappa shape index (κ3) is 3.26. The van der Waals surface area contributed by atoms with Gasteiger partial charge in [0, 0.05) is 18.2 Å². The van der Waals surface area contributed by atoms with Gasteiger partial charge in [0.2, 0.25) is 0 Å². The standard InChI is InChI=1S/C13H13N3O3/c1-9(14)13-7-6-12(8-15-13)19-11-4-2-10(3-5-11)16(17)18/h2-9H,14H2,1H3/t9-/m1/s1. The van der Waals surface area contributed by atoms with Crippen molar-refractivity contribution in [2.45, 2.75) is 13.0 Å². The summed E-state index contributed by atoms with van der Waals surface area (Å²) in [5, 5.41) is 10.5. The van der Waals surface area contributed by atoms with Crippen LogP contribution in [0.25, 0.3) is 0 Å². The van der Waals surface area contributed by atoms with Crippen molar-refractivity contribution in [2.24, 2.45) is 5.73 Å². The van der Waals surface area contributed by atoms with Crippen molar-refractivity contribution in [3.8, 4) is 11.5 Å². The SMILES string of the molecule is C[C@@H](N)c1ccc(Oc2ccc([N+](=O)[O-])cc2)cn1. The van der Waals surface area contributed by atoms with Crippen molar-refractivity contribution in [2.75, 3.05) is 0 Å². The lowest BCUT2D eigenvalue weighted by atomic mass is 10.2. The lowest BCUT2D eigenvalue weighted by molar-refractivity contribution is -0.384. The van der Waals surface area contributed by atoms with E-state index in [2.05, 4.69) is 4.98 Å². The van der Waals surface area contributed by atoms with Gasteiger partial charge in [-0.25, -0.2) is 0 Å². The molecule has 0 aliphatic heterocycles. The maximum atomic E-state index is 10.5. The fraction of sp³-hybridized carbons (Fsp3) is 0.154. The van der Waals surface area contributed by atoms with E-state index in [4.69, 9.17) is 10.5 Å². The number of pyridine rings is 1. The van der Waals surface area contributed by atoms with Gasteiger partial charge in [-0.1, -0.05) is 0 Å². The van der Waals surface area contributed by atoms with E-state index in [1.165, 1.54) is 24.3 Å². The molecule has 0 saturated heterocycles. The minimum Gasteiger partial charge on any atom is -0.456 e. The van der Waals surface area contributed by atoms with Gasteiger partial charge < -0.3 is 10.5 Å². The zero-order valence-corrected chi connectivity index (χ0v) is 10.3. The molecule has 0 aliphatic carbocycles. The Hall–Kier alpha value is -2.47. The average molecular weight is 259 g/mol. The number of hydrogen-bond donors (Lipinski definition) is 1. The van der Waals surface area contributed by atoms with Gasteiger partial charge in [0.15, 0.2) is 0 Å². The highest BCUT2D eigenvalue weighted by Gasteiger charge is 2.06. The summed E-state index contributed by atoms with van der Waals surface area (Å²) in [6, 6.07) is 9.26. The second-order valence-corrected chi connectivity index (χ2v) is 4.06. The Balaban J connectivity index is 2.10. The number of rotatable bonds is 4. The fourth-order valence-corrected chi connectivity index (χ4v) is 1.49. The highest BCUT2D eigenvalue weighted by molar-refractivity contribution is 5.38. The van der Waals surface area contributed by atoms with Crippen LogP contribution in [-0.4, -0.2) is 9.91 Å². The molecule has 1 aromatic carbocycles. The molecule has 6 heteroatoms. The van der Waals surface area contributed by atoms with E-state index in [-0.39, 0.29) is 11.7 Å². The third-order valence-corrected chi connectivity index (χ3v) is 2.51. The molecule has 0 aliphatic rings. The van der Waals surface area contributed by atoms with Crippen molar-refractivity contribution in [3.05, 3.63) is 58.4 Å². The largest absolute Gasteiger partial charge is 0.456 e. The third-order valence-electron chi connectivity index (χ3n) is 2.51. The summed E-state index contributed by atoms with van der Waals surface area (Å²) in [6.07, 6.45) is 1.57. The summed E-state index contributed by atoms with van der Waals surface area (Å²) < 4.78 is 5.52. The predicted molar refractivity (Wildman–Crippen MR) is 70.0 cm³/mol.